The molecule has 0 amide bonds. The molecular formula is C14H14INO3S. The maximum absolute atomic E-state index is 12.4. The van der Waals surface area contributed by atoms with Crippen molar-refractivity contribution in [2.75, 3.05) is 4.72 Å². The topological polar surface area (TPSA) is 66.4 Å². The Hall–Kier alpha value is -1.12. The van der Waals surface area contributed by atoms with Gasteiger partial charge in [-0.3, -0.25) is 4.72 Å². The highest BCUT2D eigenvalue weighted by Gasteiger charge is 2.18. The van der Waals surface area contributed by atoms with Gasteiger partial charge in [0.2, 0.25) is 0 Å². The molecule has 0 spiro atoms. The highest BCUT2D eigenvalue weighted by atomic mass is 127. The molecule has 2 aromatic rings. The first-order valence-corrected chi connectivity index (χ1v) is 8.48. The van der Waals surface area contributed by atoms with Crippen LogP contribution in [-0.2, 0) is 16.6 Å². The number of aliphatic hydroxyl groups is 1. The summed E-state index contributed by atoms with van der Waals surface area (Å²) in [5.74, 6) is 0. The van der Waals surface area contributed by atoms with Crippen molar-refractivity contribution in [1.82, 2.24) is 0 Å². The van der Waals surface area contributed by atoms with Crippen LogP contribution in [0.25, 0.3) is 0 Å². The Bertz CT molecular complexity index is 729. The summed E-state index contributed by atoms with van der Waals surface area (Å²) in [6.07, 6.45) is 0. The summed E-state index contributed by atoms with van der Waals surface area (Å²) >= 11 is 2.08. The Morgan fingerprint density at radius 3 is 2.55 bits per heavy atom. The Morgan fingerprint density at radius 2 is 1.90 bits per heavy atom. The van der Waals surface area contributed by atoms with Gasteiger partial charge in [-0.1, -0.05) is 24.3 Å². The number of hydrogen-bond acceptors (Lipinski definition) is 3. The smallest absolute Gasteiger partial charge is 0.262 e. The maximum Gasteiger partial charge on any atom is 0.262 e. The molecule has 0 atom stereocenters. The lowest BCUT2D eigenvalue weighted by atomic mass is 10.2. The lowest BCUT2D eigenvalue weighted by molar-refractivity contribution is 0.281. The second-order valence-corrected chi connectivity index (χ2v) is 7.16. The predicted octanol–water partition coefficient (Wildman–Crippen LogP) is 2.89. The van der Waals surface area contributed by atoms with Gasteiger partial charge in [-0.2, -0.15) is 0 Å². The number of aliphatic hydroxyl groups excluding tert-OH is 1. The first-order chi connectivity index (χ1) is 9.44. The molecule has 0 radical (unpaired) electrons. The normalized spacial score (nSPS) is 11.3. The Labute approximate surface area is 132 Å². The first-order valence-electron chi connectivity index (χ1n) is 5.92. The molecule has 0 heterocycles. The summed E-state index contributed by atoms with van der Waals surface area (Å²) in [5, 5.41) is 9.14. The van der Waals surface area contributed by atoms with E-state index in [9.17, 15) is 8.42 Å². The van der Waals surface area contributed by atoms with E-state index in [1.807, 2.05) is 12.1 Å². The Balaban J connectivity index is 2.43. The highest BCUT2D eigenvalue weighted by molar-refractivity contribution is 14.1. The molecule has 0 bridgehead atoms. The summed E-state index contributed by atoms with van der Waals surface area (Å²) < 4.78 is 28.3. The van der Waals surface area contributed by atoms with Crippen molar-refractivity contribution in [2.24, 2.45) is 0 Å². The zero-order valence-corrected chi connectivity index (χ0v) is 13.8. The molecule has 0 unspecified atom stereocenters. The van der Waals surface area contributed by atoms with Crippen molar-refractivity contribution in [1.29, 1.82) is 0 Å². The summed E-state index contributed by atoms with van der Waals surface area (Å²) in [4.78, 5) is 0.184. The van der Waals surface area contributed by atoms with Crippen LogP contribution in [0.15, 0.2) is 47.4 Å². The second-order valence-electron chi connectivity index (χ2n) is 4.34. The molecule has 0 fully saturated rings. The van der Waals surface area contributed by atoms with Crippen molar-refractivity contribution >= 4 is 38.3 Å². The minimum Gasteiger partial charge on any atom is -0.392 e. The summed E-state index contributed by atoms with van der Waals surface area (Å²) in [6.45, 7) is 1.54. The van der Waals surface area contributed by atoms with E-state index in [4.69, 9.17) is 5.11 Å². The fourth-order valence-corrected chi connectivity index (χ4v) is 3.86. The number of anilines is 1. The molecule has 20 heavy (non-hydrogen) atoms. The zero-order chi connectivity index (χ0) is 14.8. The standard InChI is InChI=1S/C14H14INO3S/c1-10-6-7-11(9-17)8-14(10)20(18,19)16-13-5-3-2-4-12(13)15/h2-8,16-17H,9H2,1H3. The molecule has 4 nitrogen and oxygen atoms in total. The van der Waals surface area contributed by atoms with Crippen LogP contribution in [-0.4, -0.2) is 13.5 Å². The minimum atomic E-state index is -3.67. The zero-order valence-electron chi connectivity index (χ0n) is 10.8. The molecule has 2 rings (SSSR count). The monoisotopic (exact) mass is 403 g/mol. The maximum atomic E-state index is 12.4. The molecule has 2 N–H and O–H groups in total. The molecule has 0 aliphatic carbocycles. The van der Waals surface area contributed by atoms with Crippen LogP contribution >= 0.6 is 22.6 Å². The van der Waals surface area contributed by atoms with Gasteiger partial charge in [-0.05, 0) is 58.8 Å². The number of rotatable bonds is 4. The Kier molecular flexibility index (Phi) is 4.66. The molecule has 6 heteroatoms. The lowest BCUT2D eigenvalue weighted by Gasteiger charge is -2.12. The van der Waals surface area contributed by atoms with Crippen LogP contribution in [0.4, 0.5) is 5.69 Å². The van der Waals surface area contributed by atoms with Crippen molar-refractivity contribution in [3.8, 4) is 0 Å². The fourth-order valence-electron chi connectivity index (χ4n) is 1.78. The molecule has 0 aliphatic heterocycles. The van der Waals surface area contributed by atoms with Gasteiger partial charge in [-0.25, -0.2) is 8.42 Å². The SMILES string of the molecule is Cc1ccc(CO)cc1S(=O)(=O)Nc1ccccc1I. The van der Waals surface area contributed by atoms with Crippen LogP contribution < -0.4 is 4.72 Å². The summed E-state index contributed by atoms with van der Waals surface area (Å²) in [6, 6.07) is 12.1. The van der Waals surface area contributed by atoms with Crippen molar-refractivity contribution in [3.63, 3.8) is 0 Å². The summed E-state index contributed by atoms with van der Waals surface area (Å²) in [5.41, 5.74) is 1.75. The molecule has 106 valence electrons. The second kappa shape index (κ2) is 6.11. The number of para-hydroxylation sites is 1. The van der Waals surface area contributed by atoms with E-state index in [1.165, 1.54) is 6.07 Å². The third kappa shape index (κ3) is 3.31. The van der Waals surface area contributed by atoms with Crippen LogP contribution in [0.5, 0.6) is 0 Å². The lowest BCUT2D eigenvalue weighted by Crippen LogP contribution is -2.15. The van der Waals surface area contributed by atoms with Crippen molar-refractivity contribution < 1.29 is 13.5 Å². The van der Waals surface area contributed by atoms with E-state index in [0.29, 0.717) is 16.8 Å². The van der Waals surface area contributed by atoms with Gasteiger partial charge in [0.25, 0.3) is 10.0 Å². The van der Waals surface area contributed by atoms with Crippen molar-refractivity contribution in [2.45, 2.75) is 18.4 Å². The van der Waals surface area contributed by atoms with E-state index < -0.39 is 10.0 Å². The molecule has 0 saturated heterocycles. The van der Waals surface area contributed by atoms with E-state index in [1.54, 1.807) is 31.2 Å². The van der Waals surface area contributed by atoms with Gasteiger partial charge in [0.05, 0.1) is 17.2 Å². The van der Waals surface area contributed by atoms with E-state index in [2.05, 4.69) is 27.3 Å². The van der Waals surface area contributed by atoms with Gasteiger partial charge in [0.15, 0.2) is 0 Å². The third-order valence-corrected chi connectivity index (χ3v) is 5.29. The summed E-state index contributed by atoms with van der Waals surface area (Å²) in [7, 11) is -3.67. The van der Waals surface area contributed by atoms with Crippen molar-refractivity contribution in [3.05, 3.63) is 57.2 Å². The van der Waals surface area contributed by atoms with E-state index in [0.717, 1.165) is 3.57 Å². The van der Waals surface area contributed by atoms with Crippen LogP contribution in [0.1, 0.15) is 11.1 Å². The number of aryl methyl sites for hydroxylation is 1. The van der Waals surface area contributed by atoms with Gasteiger partial charge in [0.1, 0.15) is 0 Å². The predicted molar refractivity (Wildman–Crippen MR) is 87.1 cm³/mol. The third-order valence-electron chi connectivity index (χ3n) is 2.84. The van der Waals surface area contributed by atoms with Crippen LogP contribution in [0.2, 0.25) is 0 Å². The minimum absolute atomic E-state index is 0.184. The first kappa shape index (κ1) is 15.3. The molecule has 0 saturated carbocycles. The van der Waals surface area contributed by atoms with E-state index >= 15 is 0 Å². The quantitative estimate of drug-likeness (QED) is 0.772. The number of halogens is 1. The number of sulfonamides is 1. The number of nitrogens with one attached hydrogen (secondary N) is 1. The Morgan fingerprint density at radius 1 is 1.20 bits per heavy atom. The van der Waals surface area contributed by atoms with Crippen LogP contribution in [0, 0.1) is 10.5 Å². The van der Waals surface area contributed by atoms with Gasteiger partial charge in [0, 0.05) is 3.57 Å². The van der Waals surface area contributed by atoms with Gasteiger partial charge >= 0.3 is 0 Å². The number of hydrogen-bond donors (Lipinski definition) is 2. The molecule has 0 aliphatic rings. The van der Waals surface area contributed by atoms with Gasteiger partial charge in [-0.15, -0.1) is 0 Å². The average molecular weight is 403 g/mol. The fraction of sp³-hybridized carbons (Fsp3) is 0.143. The highest BCUT2D eigenvalue weighted by Crippen LogP contribution is 2.23. The molecular weight excluding hydrogens is 389 g/mol. The average Bonchev–Trinajstić information content (AvgIpc) is 2.41. The van der Waals surface area contributed by atoms with Gasteiger partial charge < -0.3 is 5.11 Å². The van der Waals surface area contributed by atoms with E-state index in [-0.39, 0.29) is 11.5 Å². The largest absolute Gasteiger partial charge is 0.392 e. The van der Waals surface area contributed by atoms with Crippen LogP contribution in [0.3, 0.4) is 0 Å². The number of benzene rings is 2. The molecule has 0 aromatic heterocycles. The molecule has 2 aromatic carbocycles.